The third kappa shape index (κ3) is 2.85. The minimum atomic E-state index is -0.575. The molecule has 1 aromatic carbocycles. The lowest BCUT2D eigenvalue weighted by Gasteiger charge is -2.05. The number of benzene rings is 1. The highest BCUT2D eigenvalue weighted by molar-refractivity contribution is 5.89. The minimum absolute atomic E-state index is 0.0569. The highest BCUT2D eigenvalue weighted by Crippen LogP contribution is 2.13. The van der Waals surface area contributed by atoms with Crippen molar-refractivity contribution in [2.45, 2.75) is 20.4 Å². The van der Waals surface area contributed by atoms with Crippen LogP contribution in [0, 0.1) is 13.8 Å². The van der Waals surface area contributed by atoms with Crippen molar-refractivity contribution >= 4 is 11.6 Å². The molecular weight excluding hydrogens is 234 g/mol. The zero-order valence-corrected chi connectivity index (χ0v) is 10.1. The first-order valence-electron chi connectivity index (χ1n) is 5.45. The SMILES string of the molecule is Cc1ccc(NC(=O)C[n+]2cc([O-])on2)cc1C. The summed E-state index contributed by atoms with van der Waals surface area (Å²) in [6, 6.07) is 5.65. The van der Waals surface area contributed by atoms with Crippen LogP contribution < -0.4 is 15.1 Å². The maximum atomic E-state index is 11.7. The lowest BCUT2D eigenvalue weighted by atomic mass is 10.1. The van der Waals surface area contributed by atoms with Crippen LogP contribution in [-0.2, 0) is 11.3 Å². The van der Waals surface area contributed by atoms with Crippen LogP contribution in [-0.4, -0.2) is 11.2 Å². The number of hydrogen-bond donors (Lipinski definition) is 1. The molecule has 0 saturated heterocycles. The van der Waals surface area contributed by atoms with Gasteiger partial charge in [0, 0.05) is 5.69 Å². The molecule has 0 aliphatic carbocycles. The molecule has 1 aromatic heterocycles. The molecular formula is C12H13N3O3. The van der Waals surface area contributed by atoms with E-state index in [1.165, 1.54) is 0 Å². The second-order valence-electron chi connectivity index (χ2n) is 4.07. The molecule has 6 heteroatoms. The maximum Gasteiger partial charge on any atom is 0.292 e. The number of amides is 1. The number of carbonyl (C=O) groups is 1. The van der Waals surface area contributed by atoms with Crippen LogP contribution in [0.15, 0.2) is 28.9 Å². The number of aryl methyl sites for hydroxylation is 2. The molecule has 2 aromatic rings. The molecule has 0 aliphatic rings. The Kier molecular flexibility index (Phi) is 3.27. The average Bonchev–Trinajstić information content (AvgIpc) is 2.69. The molecule has 0 unspecified atom stereocenters. The Morgan fingerprint density at radius 3 is 2.83 bits per heavy atom. The summed E-state index contributed by atoms with van der Waals surface area (Å²) >= 11 is 0. The number of nitrogens with zero attached hydrogens (tertiary/aromatic N) is 2. The highest BCUT2D eigenvalue weighted by atomic mass is 16.6. The number of aromatic nitrogens is 2. The monoisotopic (exact) mass is 247 g/mol. The van der Waals surface area contributed by atoms with Crippen LogP contribution in [0.1, 0.15) is 11.1 Å². The molecule has 0 atom stereocenters. The fourth-order valence-electron chi connectivity index (χ4n) is 1.50. The van der Waals surface area contributed by atoms with E-state index in [9.17, 15) is 9.90 Å². The second-order valence-corrected chi connectivity index (χ2v) is 4.07. The Morgan fingerprint density at radius 2 is 2.22 bits per heavy atom. The molecule has 0 aliphatic heterocycles. The van der Waals surface area contributed by atoms with Gasteiger partial charge in [-0.1, -0.05) is 10.7 Å². The Labute approximate surface area is 104 Å². The van der Waals surface area contributed by atoms with E-state index >= 15 is 0 Å². The normalized spacial score (nSPS) is 10.3. The predicted molar refractivity (Wildman–Crippen MR) is 60.7 cm³/mol. The average molecular weight is 247 g/mol. The topological polar surface area (TPSA) is 82.1 Å². The van der Waals surface area contributed by atoms with Crippen LogP contribution in [0.5, 0.6) is 5.95 Å². The summed E-state index contributed by atoms with van der Waals surface area (Å²) < 4.78 is 5.48. The summed E-state index contributed by atoms with van der Waals surface area (Å²) in [6.45, 7) is 3.92. The number of hydrogen-bond acceptors (Lipinski definition) is 4. The molecule has 0 fully saturated rings. The van der Waals surface area contributed by atoms with Crippen LogP contribution in [0.25, 0.3) is 0 Å². The van der Waals surface area contributed by atoms with Gasteiger partial charge in [0.1, 0.15) is 5.95 Å². The van der Waals surface area contributed by atoms with Gasteiger partial charge in [-0.2, -0.15) is 0 Å². The predicted octanol–water partition coefficient (Wildman–Crippen LogP) is 0.291. The highest BCUT2D eigenvalue weighted by Gasteiger charge is 2.12. The third-order valence-corrected chi connectivity index (χ3v) is 2.59. The Bertz CT molecular complexity index is 578. The van der Waals surface area contributed by atoms with Crippen molar-refractivity contribution in [2.24, 2.45) is 0 Å². The summed E-state index contributed by atoms with van der Waals surface area (Å²) in [5, 5.41) is 16.9. The molecule has 1 heterocycles. The van der Waals surface area contributed by atoms with Gasteiger partial charge >= 0.3 is 0 Å². The molecule has 0 saturated carbocycles. The Hall–Kier alpha value is -2.37. The fraction of sp³-hybridized carbons (Fsp3) is 0.250. The molecule has 6 nitrogen and oxygen atoms in total. The van der Waals surface area contributed by atoms with Gasteiger partial charge in [-0.25, -0.2) is 0 Å². The van der Waals surface area contributed by atoms with Crippen molar-refractivity contribution in [3.05, 3.63) is 35.5 Å². The van der Waals surface area contributed by atoms with E-state index in [0.717, 1.165) is 27.7 Å². The van der Waals surface area contributed by atoms with Gasteiger partial charge in [-0.15, -0.1) is 0 Å². The fourth-order valence-corrected chi connectivity index (χ4v) is 1.50. The molecule has 0 bridgehead atoms. The Balaban J connectivity index is 2.00. The first-order chi connectivity index (χ1) is 8.54. The van der Waals surface area contributed by atoms with Gasteiger partial charge in [0.05, 0.1) is 5.27 Å². The number of nitrogens with one attached hydrogen (secondary N) is 1. The van der Waals surface area contributed by atoms with Crippen LogP contribution >= 0.6 is 0 Å². The van der Waals surface area contributed by atoms with Gasteiger partial charge in [0.15, 0.2) is 0 Å². The summed E-state index contributed by atoms with van der Waals surface area (Å²) in [7, 11) is 0. The van der Waals surface area contributed by atoms with Crippen molar-refractivity contribution in [1.29, 1.82) is 0 Å². The van der Waals surface area contributed by atoms with E-state index < -0.39 is 5.95 Å². The molecule has 2 rings (SSSR count). The Morgan fingerprint density at radius 1 is 1.44 bits per heavy atom. The van der Waals surface area contributed by atoms with E-state index in [-0.39, 0.29) is 12.5 Å². The molecule has 0 spiro atoms. The summed E-state index contributed by atoms with van der Waals surface area (Å²) in [5.74, 6) is -0.842. The van der Waals surface area contributed by atoms with E-state index in [1.54, 1.807) is 0 Å². The van der Waals surface area contributed by atoms with Crippen LogP contribution in [0.4, 0.5) is 5.69 Å². The molecule has 18 heavy (non-hydrogen) atoms. The standard InChI is InChI=1S/C12H13N3O3/c1-8-3-4-10(5-9(8)2)13-11(16)6-15-7-12(17)18-14-15/h3-5,7H,6H2,1-2H3,(H-,13,14,16,17). The van der Waals surface area contributed by atoms with Crippen LogP contribution in [0.2, 0.25) is 0 Å². The van der Waals surface area contributed by atoms with E-state index in [2.05, 4.69) is 15.1 Å². The third-order valence-electron chi connectivity index (χ3n) is 2.59. The first kappa shape index (κ1) is 12.1. The van der Waals surface area contributed by atoms with E-state index in [0.29, 0.717) is 0 Å². The van der Waals surface area contributed by atoms with Crippen molar-refractivity contribution in [3.8, 4) is 5.95 Å². The minimum Gasteiger partial charge on any atom is -0.539 e. The van der Waals surface area contributed by atoms with Gasteiger partial charge in [0.2, 0.25) is 6.20 Å². The van der Waals surface area contributed by atoms with Gasteiger partial charge in [0.25, 0.3) is 12.5 Å². The van der Waals surface area contributed by atoms with Crippen molar-refractivity contribution < 1.29 is 19.1 Å². The van der Waals surface area contributed by atoms with Gasteiger partial charge in [-0.3, -0.25) is 4.79 Å². The summed E-state index contributed by atoms with van der Waals surface area (Å²) in [6.07, 6.45) is 1.12. The molecule has 0 radical (unpaired) electrons. The lowest BCUT2D eigenvalue weighted by molar-refractivity contribution is -0.750. The largest absolute Gasteiger partial charge is 0.539 e. The molecule has 1 N–H and O–H groups in total. The number of anilines is 1. The van der Waals surface area contributed by atoms with Gasteiger partial charge < -0.3 is 14.9 Å². The van der Waals surface area contributed by atoms with E-state index in [1.807, 2.05) is 32.0 Å². The zero-order valence-electron chi connectivity index (χ0n) is 10.1. The summed E-state index contributed by atoms with van der Waals surface area (Å²) in [4.78, 5) is 11.7. The van der Waals surface area contributed by atoms with E-state index in [4.69, 9.17) is 0 Å². The summed E-state index contributed by atoms with van der Waals surface area (Å²) in [5.41, 5.74) is 2.98. The van der Waals surface area contributed by atoms with Gasteiger partial charge in [-0.05, 0) is 37.1 Å². The molecule has 94 valence electrons. The first-order valence-corrected chi connectivity index (χ1v) is 5.45. The smallest absolute Gasteiger partial charge is 0.292 e. The number of carbonyl (C=O) groups excluding carboxylic acids is 1. The second kappa shape index (κ2) is 4.87. The zero-order chi connectivity index (χ0) is 13.1. The van der Waals surface area contributed by atoms with Crippen molar-refractivity contribution in [2.75, 3.05) is 5.32 Å². The maximum absolute atomic E-state index is 11.7. The van der Waals surface area contributed by atoms with Crippen molar-refractivity contribution in [1.82, 2.24) is 5.27 Å². The lowest BCUT2D eigenvalue weighted by Crippen LogP contribution is -2.41. The van der Waals surface area contributed by atoms with Crippen LogP contribution in [0.3, 0.4) is 0 Å². The molecule has 1 amide bonds. The number of rotatable bonds is 3. The van der Waals surface area contributed by atoms with Crippen molar-refractivity contribution in [3.63, 3.8) is 0 Å². The quantitative estimate of drug-likeness (QED) is 0.790.